The van der Waals surface area contributed by atoms with Crippen LogP contribution in [0, 0.1) is 16.7 Å². The van der Waals surface area contributed by atoms with Crippen LogP contribution in [-0.2, 0) is 9.47 Å². The van der Waals surface area contributed by atoms with Crippen LogP contribution in [0.3, 0.4) is 0 Å². The van der Waals surface area contributed by atoms with Gasteiger partial charge in [0.2, 0.25) is 0 Å². The quantitative estimate of drug-likeness (QED) is 0.626. The first-order valence-electron chi connectivity index (χ1n) is 4.21. The molecule has 68 valence electrons. The lowest BCUT2D eigenvalue weighted by Crippen LogP contribution is -2.44. The molecule has 1 aliphatic heterocycles. The van der Waals surface area contributed by atoms with Crippen LogP contribution in [0.5, 0.6) is 0 Å². The molecule has 3 nitrogen and oxygen atoms in total. The van der Waals surface area contributed by atoms with Crippen molar-refractivity contribution >= 4 is 0 Å². The van der Waals surface area contributed by atoms with Gasteiger partial charge in [-0.15, -0.1) is 0 Å². The van der Waals surface area contributed by atoms with E-state index in [4.69, 9.17) is 14.7 Å². The van der Waals surface area contributed by atoms with Gasteiger partial charge in [-0.05, 0) is 6.92 Å². The molecule has 0 N–H and O–H groups in total. The molecule has 1 aliphatic rings. The molecule has 0 aromatic carbocycles. The number of hydrogen-bond donors (Lipinski definition) is 0. The van der Waals surface area contributed by atoms with E-state index >= 15 is 0 Å². The van der Waals surface area contributed by atoms with Gasteiger partial charge in [-0.2, -0.15) is 5.26 Å². The summed E-state index contributed by atoms with van der Waals surface area (Å²) in [5.74, 6) is 0. The topological polar surface area (TPSA) is 42.2 Å². The Hall–Kier alpha value is -0.590. The summed E-state index contributed by atoms with van der Waals surface area (Å²) in [4.78, 5) is 0. The lowest BCUT2D eigenvalue weighted by Gasteiger charge is -2.32. The molecule has 0 radical (unpaired) electrons. The predicted molar refractivity (Wildman–Crippen MR) is 44.6 cm³/mol. The minimum Gasteiger partial charge on any atom is -0.377 e. The largest absolute Gasteiger partial charge is 0.377 e. The summed E-state index contributed by atoms with van der Waals surface area (Å²) < 4.78 is 10.7. The lowest BCUT2D eigenvalue weighted by atomic mass is 9.78. The van der Waals surface area contributed by atoms with E-state index in [1.807, 2.05) is 20.8 Å². The third-order valence-corrected chi connectivity index (χ3v) is 2.43. The van der Waals surface area contributed by atoms with Gasteiger partial charge >= 0.3 is 0 Å². The van der Waals surface area contributed by atoms with Gasteiger partial charge in [0.1, 0.15) is 6.07 Å². The highest BCUT2D eigenvalue weighted by Gasteiger charge is 2.51. The van der Waals surface area contributed by atoms with Crippen LogP contribution in [0.25, 0.3) is 0 Å². The smallest absolute Gasteiger partial charge is 0.184 e. The van der Waals surface area contributed by atoms with E-state index in [0.717, 1.165) is 0 Å². The Morgan fingerprint density at radius 3 is 2.50 bits per heavy atom. The van der Waals surface area contributed by atoms with Crippen LogP contribution in [0.1, 0.15) is 20.8 Å². The lowest BCUT2D eigenvalue weighted by molar-refractivity contribution is -0.0492. The maximum Gasteiger partial charge on any atom is 0.184 e. The minimum atomic E-state index is -0.734. The number of nitriles is 1. The number of rotatable bonds is 2. The molecule has 0 saturated carbocycles. The summed E-state index contributed by atoms with van der Waals surface area (Å²) in [5, 5.41) is 9.03. The van der Waals surface area contributed by atoms with Crippen LogP contribution >= 0.6 is 0 Å². The first kappa shape index (κ1) is 9.50. The van der Waals surface area contributed by atoms with Gasteiger partial charge in [-0.3, -0.25) is 0 Å². The van der Waals surface area contributed by atoms with Crippen molar-refractivity contribution in [1.82, 2.24) is 0 Å². The summed E-state index contributed by atoms with van der Waals surface area (Å²) in [5.41, 5.74) is -0.931. The number of nitrogens with zero attached hydrogens (tertiary/aromatic N) is 1. The van der Waals surface area contributed by atoms with Gasteiger partial charge in [0.05, 0.1) is 13.2 Å². The molecule has 1 saturated heterocycles. The van der Waals surface area contributed by atoms with Crippen molar-refractivity contribution in [2.75, 3.05) is 19.8 Å². The Labute approximate surface area is 73.3 Å². The molecule has 0 aliphatic carbocycles. The van der Waals surface area contributed by atoms with E-state index in [1.165, 1.54) is 0 Å². The van der Waals surface area contributed by atoms with E-state index in [1.54, 1.807) is 0 Å². The second-order valence-corrected chi connectivity index (χ2v) is 3.75. The standard InChI is InChI=1S/C9H15NO2/c1-4-12-9(5-10)7-11-6-8(9,2)3/h4,6-7H2,1-3H3. The summed E-state index contributed by atoms with van der Waals surface area (Å²) >= 11 is 0. The minimum absolute atomic E-state index is 0.197. The Bertz CT molecular complexity index is 207. The van der Waals surface area contributed by atoms with E-state index < -0.39 is 5.60 Å². The zero-order valence-corrected chi connectivity index (χ0v) is 7.89. The fourth-order valence-electron chi connectivity index (χ4n) is 1.46. The predicted octanol–water partition coefficient (Wildman–Crippen LogP) is 1.34. The van der Waals surface area contributed by atoms with Crippen molar-refractivity contribution in [3.8, 4) is 6.07 Å². The Balaban J connectivity index is 2.86. The second kappa shape index (κ2) is 3.04. The molecule has 0 spiro atoms. The summed E-state index contributed by atoms with van der Waals surface area (Å²) in [6.07, 6.45) is 0. The van der Waals surface area contributed by atoms with E-state index in [0.29, 0.717) is 19.8 Å². The fraction of sp³-hybridized carbons (Fsp3) is 0.889. The van der Waals surface area contributed by atoms with Gasteiger partial charge < -0.3 is 9.47 Å². The van der Waals surface area contributed by atoms with Crippen LogP contribution in [0.2, 0.25) is 0 Å². The first-order valence-corrected chi connectivity index (χ1v) is 4.21. The molecule has 3 heteroatoms. The van der Waals surface area contributed by atoms with Gasteiger partial charge in [0.25, 0.3) is 0 Å². The number of hydrogen-bond acceptors (Lipinski definition) is 3. The van der Waals surface area contributed by atoms with E-state index in [-0.39, 0.29) is 5.41 Å². The molecule has 1 unspecified atom stereocenters. The van der Waals surface area contributed by atoms with Gasteiger partial charge in [0, 0.05) is 12.0 Å². The SMILES string of the molecule is CCOC1(C#N)COCC1(C)C. The van der Waals surface area contributed by atoms with Crippen molar-refractivity contribution in [3.05, 3.63) is 0 Å². The number of ether oxygens (including phenoxy) is 2. The molecule has 0 amide bonds. The average Bonchev–Trinajstić information content (AvgIpc) is 2.29. The normalized spacial score (nSPS) is 33.2. The van der Waals surface area contributed by atoms with Crippen molar-refractivity contribution in [2.45, 2.75) is 26.4 Å². The van der Waals surface area contributed by atoms with Crippen LogP contribution in [-0.4, -0.2) is 25.4 Å². The van der Waals surface area contributed by atoms with Crippen molar-refractivity contribution in [3.63, 3.8) is 0 Å². The summed E-state index contributed by atoms with van der Waals surface area (Å²) in [6.45, 7) is 7.44. The second-order valence-electron chi connectivity index (χ2n) is 3.75. The molecule has 1 atom stereocenters. The van der Waals surface area contributed by atoms with Crippen LogP contribution in [0.4, 0.5) is 0 Å². The third-order valence-electron chi connectivity index (χ3n) is 2.43. The van der Waals surface area contributed by atoms with Crippen LogP contribution < -0.4 is 0 Å². The van der Waals surface area contributed by atoms with Crippen molar-refractivity contribution in [1.29, 1.82) is 5.26 Å². The maximum absolute atomic E-state index is 9.03. The highest BCUT2D eigenvalue weighted by atomic mass is 16.6. The zero-order chi connectivity index (χ0) is 9.24. The fourth-order valence-corrected chi connectivity index (χ4v) is 1.46. The van der Waals surface area contributed by atoms with Gasteiger partial charge in [-0.1, -0.05) is 13.8 Å². The molecular formula is C9H15NO2. The van der Waals surface area contributed by atoms with E-state index in [9.17, 15) is 0 Å². The molecule has 1 rings (SSSR count). The zero-order valence-electron chi connectivity index (χ0n) is 7.89. The summed E-state index contributed by atoms with van der Waals surface area (Å²) in [6, 6.07) is 2.22. The van der Waals surface area contributed by atoms with Crippen molar-refractivity contribution < 1.29 is 9.47 Å². The summed E-state index contributed by atoms with van der Waals surface area (Å²) in [7, 11) is 0. The molecule has 0 bridgehead atoms. The highest BCUT2D eigenvalue weighted by Crippen LogP contribution is 2.39. The molecule has 1 heterocycles. The van der Waals surface area contributed by atoms with E-state index in [2.05, 4.69) is 6.07 Å². The third kappa shape index (κ3) is 1.21. The van der Waals surface area contributed by atoms with Crippen LogP contribution in [0.15, 0.2) is 0 Å². The Kier molecular flexibility index (Phi) is 2.41. The molecule has 0 aromatic rings. The maximum atomic E-state index is 9.03. The molecule has 12 heavy (non-hydrogen) atoms. The van der Waals surface area contributed by atoms with Gasteiger partial charge in [-0.25, -0.2) is 0 Å². The molecular weight excluding hydrogens is 154 g/mol. The molecule has 1 fully saturated rings. The van der Waals surface area contributed by atoms with Crippen molar-refractivity contribution in [2.24, 2.45) is 5.41 Å². The Morgan fingerprint density at radius 2 is 2.17 bits per heavy atom. The monoisotopic (exact) mass is 169 g/mol. The molecule has 0 aromatic heterocycles. The van der Waals surface area contributed by atoms with Gasteiger partial charge in [0.15, 0.2) is 5.60 Å². The first-order chi connectivity index (χ1) is 5.58. The Morgan fingerprint density at radius 1 is 1.50 bits per heavy atom. The highest BCUT2D eigenvalue weighted by molar-refractivity contribution is 5.13. The average molecular weight is 169 g/mol.